The Kier molecular flexibility index (Phi) is 4.05. The molecule has 3 saturated carbocycles. The quantitative estimate of drug-likeness (QED) is 0.793. The molecule has 1 aromatic heterocycles. The topological polar surface area (TPSA) is 102 Å². The second kappa shape index (κ2) is 6.31. The number of aliphatic imine (C=N–C) groups is 1. The number of carbonyl (C=O) groups excluding carboxylic acids is 1. The van der Waals surface area contributed by atoms with Crippen molar-refractivity contribution in [2.75, 3.05) is 18.0 Å². The maximum absolute atomic E-state index is 13.1. The number of aromatic amines is 1. The van der Waals surface area contributed by atoms with Gasteiger partial charge in [0.1, 0.15) is 11.5 Å². The van der Waals surface area contributed by atoms with Gasteiger partial charge in [0.15, 0.2) is 11.7 Å². The number of aliphatic carboxylic acids is 1. The molecular weight excluding hydrogens is 370 g/mol. The highest BCUT2D eigenvalue weighted by Gasteiger charge is 2.55. The summed E-state index contributed by atoms with van der Waals surface area (Å²) < 4.78 is 0. The van der Waals surface area contributed by atoms with Crippen LogP contribution in [0.15, 0.2) is 4.99 Å². The number of anilines is 1. The molecule has 5 aliphatic rings. The molecule has 0 saturated heterocycles. The van der Waals surface area contributed by atoms with Crippen molar-refractivity contribution in [3.63, 3.8) is 0 Å². The Balaban J connectivity index is 1.54. The number of aromatic nitrogens is 2. The van der Waals surface area contributed by atoms with Crippen LogP contribution in [0.3, 0.4) is 0 Å². The van der Waals surface area contributed by atoms with Gasteiger partial charge in [-0.15, -0.1) is 0 Å². The van der Waals surface area contributed by atoms with Gasteiger partial charge in [-0.05, 0) is 51.4 Å². The Morgan fingerprint density at radius 2 is 1.90 bits per heavy atom. The normalized spacial score (nSPS) is 33.0. The zero-order valence-corrected chi connectivity index (χ0v) is 17.2. The average molecular weight is 399 g/mol. The third-order valence-electron chi connectivity index (χ3n) is 7.70. The summed E-state index contributed by atoms with van der Waals surface area (Å²) in [5.41, 5.74) is 0.210. The van der Waals surface area contributed by atoms with Crippen LogP contribution in [0.25, 0.3) is 0 Å². The monoisotopic (exact) mass is 399 g/mol. The Morgan fingerprint density at radius 1 is 1.21 bits per heavy atom. The lowest BCUT2D eigenvalue weighted by molar-refractivity contribution is -0.156. The van der Waals surface area contributed by atoms with E-state index in [4.69, 9.17) is 9.98 Å². The van der Waals surface area contributed by atoms with Crippen molar-refractivity contribution in [3.8, 4) is 0 Å². The number of carbonyl (C=O) groups is 2. The van der Waals surface area contributed by atoms with Crippen molar-refractivity contribution >= 4 is 23.7 Å². The van der Waals surface area contributed by atoms with E-state index in [9.17, 15) is 14.7 Å². The van der Waals surface area contributed by atoms with Crippen LogP contribution in [0.4, 0.5) is 10.6 Å². The highest BCUT2D eigenvalue weighted by Crippen LogP contribution is 2.57. The van der Waals surface area contributed by atoms with E-state index < -0.39 is 11.4 Å². The first-order valence-corrected chi connectivity index (χ1v) is 10.9. The molecule has 1 aromatic rings. The maximum Gasteiger partial charge on any atom is 0.331 e. The molecule has 6 rings (SSSR count). The second-order valence-corrected chi connectivity index (χ2v) is 9.21. The number of rotatable bonds is 5. The molecule has 29 heavy (non-hydrogen) atoms. The second-order valence-electron chi connectivity index (χ2n) is 9.21. The molecule has 0 aromatic carbocycles. The molecule has 0 spiro atoms. The van der Waals surface area contributed by atoms with E-state index in [0.717, 1.165) is 49.5 Å². The van der Waals surface area contributed by atoms with Gasteiger partial charge in [-0.1, -0.05) is 13.8 Å². The van der Waals surface area contributed by atoms with E-state index in [1.54, 1.807) is 9.80 Å². The number of fused-ring (bicyclic) bond motifs is 6. The highest BCUT2D eigenvalue weighted by atomic mass is 16.4. The molecule has 8 nitrogen and oxygen atoms in total. The number of amides is 2. The van der Waals surface area contributed by atoms with Crippen molar-refractivity contribution in [3.05, 3.63) is 11.5 Å². The standard InChI is InChI=1S/C21H29N5O3/c1-3-11-25-16-14(15-22-13(4-2)12-26(15)19(25)29)23-17(24-16)20-5-8-21(9-6-20,10-7-20)18(27)28/h13H,3-12H2,1-2H3,(H,23,24)(H,27,28)/t13-,20?,21?/m1/s1. The van der Waals surface area contributed by atoms with Gasteiger partial charge in [0.25, 0.3) is 0 Å². The van der Waals surface area contributed by atoms with Crippen LogP contribution in [-0.4, -0.2) is 56.9 Å². The number of carboxylic acids is 1. The van der Waals surface area contributed by atoms with Crippen molar-refractivity contribution < 1.29 is 14.7 Å². The van der Waals surface area contributed by atoms with Crippen molar-refractivity contribution in [1.29, 1.82) is 0 Å². The number of urea groups is 1. The van der Waals surface area contributed by atoms with Crippen LogP contribution in [0.5, 0.6) is 0 Å². The molecule has 2 amide bonds. The first-order valence-electron chi connectivity index (χ1n) is 10.9. The summed E-state index contributed by atoms with van der Waals surface area (Å²) >= 11 is 0. The molecule has 2 aliphatic heterocycles. The summed E-state index contributed by atoms with van der Waals surface area (Å²) in [5, 5.41) is 9.69. The van der Waals surface area contributed by atoms with Crippen molar-refractivity contribution in [2.45, 2.75) is 76.7 Å². The number of carboxylic acid groups (broad SMARTS) is 1. The molecule has 2 bridgehead atoms. The van der Waals surface area contributed by atoms with Crippen LogP contribution < -0.4 is 4.90 Å². The largest absolute Gasteiger partial charge is 0.481 e. The predicted octanol–water partition coefficient (Wildman–Crippen LogP) is 3.28. The smallest absolute Gasteiger partial charge is 0.331 e. The summed E-state index contributed by atoms with van der Waals surface area (Å²) in [7, 11) is 0. The van der Waals surface area contributed by atoms with Crippen molar-refractivity contribution in [2.24, 2.45) is 10.4 Å². The van der Waals surface area contributed by atoms with E-state index >= 15 is 0 Å². The minimum atomic E-state index is -0.647. The number of H-pyrrole nitrogens is 1. The van der Waals surface area contributed by atoms with E-state index in [1.807, 2.05) is 0 Å². The summed E-state index contributed by atoms with van der Waals surface area (Å²) in [6.07, 6.45) is 6.38. The Bertz CT molecular complexity index is 880. The van der Waals surface area contributed by atoms with Gasteiger partial charge < -0.3 is 10.1 Å². The van der Waals surface area contributed by atoms with Gasteiger partial charge >= 0.3 is 12.0 Å². The highest BCUT2D eigenvalue weighted by molar-refractivity contribution is 6.18. The lowest BCUT2D eigenvalue weighted by Crippen LogP contribution is -2.50. The minimum absolute atomic E-state index is 0.0261. The Hall–Kier alpha value is -2.38. The third-order valence-corrected chi connectivity index (χ3v) is 7.70. The van der Waals surface area contributed by atoms with E-state index in [0.29, 0.717) is 38.2 Å². The first-order chi connectivity index (χ1) is 13.9. The number of imidazole rings is 1. The van der Waals surface area contributed by atoms with Gasteiger partial charge in [0, 0.05) is 12.0 Å². The number of hydrogen-bond donors (Lipinski definition) is 2. The summed E-state index contributed by atoms with van der Waals surface area (Å²) in [4.78, 5) is 41.8. The number of nitrogens with one attached hydrogen (secondary N) is 1. The van der Waals surface area contributed by atoms with Gasteiger partial charge in [-0.25, -0.2) is 9.78 Å². The Morgan fingerprint density at radius 3 is 2.48 bits per heavy atom. The molecule has 156 valence electrons. The number of nitrogens with zero attached hydrogens (tertiary/aromatic N) is 4. The zero-order chi connectivity index (χ0) is 20.4. The van der Waals surface area contributed by atoms with E-state index in [-0.39, 0.29) is 17.5 Å². The SMILES string of the molecule is CCCN1C(=O)N2C[C@@H](CC)N=C2c2[nH]c(C34CCC(C(=O)O)(CC3)CC4)nc21. The molecule has 0 radical (unpaired) electrons. The van der Waals surface area contributed by atoms with Crippen LogP contribution >= 0.6 is 0 Å². The van der Waals surface area contributed by atoms with Crippen molar-refractivity contribution in [1.82, 2.24) is 14.9 Å². The van der Waals surface area contributed by atoms with Gasteiger partial charge in [0.05, 0.1) is 18.0 Å². The molecular formula is C21H29N5O3. The molecule has 2 N–H and O–H groups in total. The average Bonchev–Trinajstić information content (AvgIpc) is 3.37. The van der Waals surface area contributed by atoms with Crippen LogP contribution in [0.2, 0.25) is 0 Å². The lowest BCUT2D eigenvalue weighted by Gasteiger charge is -2.50. The fourth-order valence-electron chi connectivity index (χ4n) is 5.66. The minimum Gasteiger partial charge on any atom is -0.481 e. The lowest BCUT2D eigenvalue weighted by atomic mass is 9.53. The van der Waals surface area contributed by atoms with Crippen LogP contribution in [0, 0.1) is 5.41 Å². The predicted molar refractivity (Wildman–Crippen MR) is 108 cm³/mol. The maximum atomic E-state index is 13.1. The fourth-order valence-corrected chi connectivity index (χ4v) is 5.66. The molecule has 8 heteroatoms. The number of hydrogen-bond acceptors (Lipinski definition) is 4. The fraction of sp³-hybridized carbons (Fsp3) is 0.714. The third kappa shape index (κ3) is 2.50. The van der Waals surface area contributed by atoms with E-state index in [1.165, 1.54) is 0 Å². The number of amidine groups is 1. The van der Waals surface area contributed by atoms with E-state index in [2.05, 4.69) is 18.8 Å². The Labute approximate surface area is 170 Å². The zero-order valence-electron chi connectivity index (χ0n) is 17.2. The summed E-state index contributed by atoms with van der Waals surface area (Å²) in [6.45, 7) is 5.42. The molecule has 3 fully saturated rings. The molecule has 0 unspecified atom stereocenters. The molecule has 3 heterocycles. The van der Waals surface area contributed by atoms with Gasteiger partial charge in [-0.2, -0.15) is 0 Å². The molecule has 3 aliphatic carbocycles. The van der Waals surface area contributed by atoms with Crippen LogP contribution in [0.1, 0.15) is 76.7 Å². The summed E-state index contributed by atoms with van der Waals surface area (Å²) in [5.74, 6) is 1.70. The summed E-state index contributed by atoms with van der Waals surface area (Å²) in [6, 6.07) is 0.107. The first kappa shape index (κ1) is 18.6. The van der Waals surface area contributed by atoms with Gasteiger partial charge in [0.2, 0.25) is 0 Å². The van der Waals surface area contributed by atoms with Gasteiger partial charge in [-0.3, -0.25) is 19.6 Å². The van der Waals surface area contributed by atoms with Crippen LogP contribution in [-0.2, 0) is 10.2 Å². The molecule has 1 atom stereocenters.